The first-order valence-corrected chi connectivity index (χ1v) is 7.66. The average molecular weight is 295 g/mol. The second-order valence-corrected chi connectivity index (χ2v) is 5.89. The van der Waals surface area contributed by atoms with Gasteiger partial charge in [0.25, 0.3) is 5.91 Å². The van der Waals surface area contributed by atoms with Crippen LogP contribution in [0.3, 0.4) is 0 Å². The average Bonchev–Trinajstić information content (AvgIpc) is 3.00. The Morgan fingerprint density at radius 3 is 2.68 bits per heavy atom. The molecule has 1 fully saturated rings. The molecule has 0 bridgehead atoms. The van der Waals surface area contributed by atoms with Gasteiger partial charge in [0, 0.05) is 25.2 Å². The van der Waals surface area contributed by atoms with Crippen molar-refractivity contribution in [3.8, 4) is 0 Å². The maximum Gasteiger partial charge on any atom is 0.272 e. The van der Waals surface area contributed by atoms with Crippen LogP contribution in [0.1, 0.15) is 27.5 Å². The number of benzene rings is 1. The van der Waals surface area contributed by atoms with Crippen molar-refractivity contribution in [1.82, 2.24) is 9.88 Å². The Morgan fingerprint density at radius 2 is 2.00 bits per heavy atom. The van der Waals surface area contributed by atoms with Gasteiger partial charge in [-0.05, 0) is 36.6 Å². The van der Waals surface area contributed by atoms with E-state index in [1.165, 1.54) is 5.56 Å². The zero-order chi connectivity index (χ0) is 15.5. The minimum Gasteiger partial charge on any atom is -0.336 e. The van der Waals surface area contributed by atoms with E-state index in [9.17, 15) is 4.79 Å². The van der Waals surface area contributed by atoms with E-state index in [1.54, 1.807) is 6.20 Å². The lowest BCUT2D eigenvalue weighted by atomic mass is 9.89. The van der Waals surface area contributed by atoms with Crippen LogP contribution < -0.4 is 5.73 Å². The Hall–Kier alpha value is -2.20. The second-order valence-electron chi connectivity index (χ2n) is 5.89. The van der Waals surface area contributed by atoms with Gasteiger partial charge in [0.05, 0.1) is 0 Å². The maximum absolute atomic E-state index is 12.7. The summed E-state index contributed by atoms with van der Waals surface area (Å²) in [4.78, 5) is 18.9. The van der Waals surface area contributed by atoms with Crippen LogP contribution in [0.4, 0.5) is 0 Å². The Balaban J connectivity index is 1.83. The van der Waals surface area contributed by atoms with Crippen LogP contribution >= 0.6 is 0 Å². The van der Waals surface area contributed by atoms with E-state index in [0.29, 0.717) is 37.2 Å². The Labute approximate surface area is 131 Å². The van der Waals surface area contributed by atoms with Crippen LogP contribution in [0.5, 0.6) is 0 Å². The van der Waals surface area contributed by atoms with E-state index in [0.717, 1.165) is 5.56 Å². The highest BCUT2D eigenvalue weighted by Gasteiger charge is 2.36. The van der Waals surface area contributed by atoms with Crippen molar-refractivity contribution >= 4 is 5.91 Å². The molecule has 3 rings (SSSR count). The number of aryl methyl sites for hydroxylation is 1. The van der Waals surface area contributed by atoms with Crippen molar-refractivity contribution in [3.05, 3.63) is 65.5 Å². The summed E-state index contributed by atoms with van der Waals surface area (Å²) in [7, 11) is 0. The monoisotopic (exact) mass is 295 g/mol. The lowest BCUT2D eigenvalue weighted by molar-refractivity contribution is 0.0780. The third-order valence-electron chi connectivity index (χ3n) is 4.47. The summed E-state index contributed by atoms with van der Waals surface area (Å²) in [6.45, 7) is 3.92. The van der Waals surface area contributed by atoms with Crippen LogP contribution in [-0.2, 0) is 0 Å². The van der Waals surface area contributed by atoms with Crippen LogP contribution in [0, 0.1) is 12.8 Å². The van der Waals surface area contributed by atoms with E-state index < -0.39 is 0 Å². The lowest BCUT2D eigenvalue weighted by Gasteiger charge is -2.17. The molecule has 2 heterocycles. The smallest absolute Gasteiger partial charge is 0.272 e. The molecule has 0 saturated carbocycles. The molecule has 1 aliphatic rings. The molecule has 22 heavy (non-hydrogen) atoms. The van der Waals surface area contributed by atoms with Crippen LogP contribution in [0.25, 0.3) is 0 Å². The summed E-state index contributed by atoms with van der Waals surface area (Å²) in [5.74, 6) is 0.615. The van der Waals surface area contributed by atoms with Gasteiger partial charge in [0.1, 0.15) is 5.69 Å². The first-order chi connectivity index (χ1) is 10.7. The number of carbonyl (C=O) groups is 1. The number of likely N-dealkylation sites (tertiary alicyclic amines) is 1. The first-order valence-electron chi connectivity index (χ1n) is 7.66. The largest absolute Gasteiger partial charge is 0.336 e. The zero-order valence-electron chi connectivity index (χ0n) is 12.8. The highest BCUT2D eigenvalue weighted by molar-refractivity contribution is 5.93. The highest BCUT2D eigenvalue weighted by Crippen LogP contribution is 2.32. The number of nitrogens with two attached hydrogens (primary N) is 1. The fraction of sp³-hybridized carbons (Fsp3) is 0.333. The van der Waals surface area contributed by atoms with Crippen molar-refractivity contribution in [2.75, 3.05) is 19.6 Å². The van der Waals surface area contributed by atoms with Gasteiger partial charge in [-0.25, -0.2) is 0 Å². The molecule has 4 heteroatoms. The zero-order valence-corrected chi connectivity index (χ0v) is 12.8. The van der Waals surface area contributed by atoms with Gasteiger partial charge in [0.2, 0.25) is 0 Å². The SMILES string of the molecule is Cc1cccnc1C(=O)N1C[C@@H](CN)[C@H](c2ccccc2)C1. The Kier molecular flexibility index (Phi) is 4.20. The molecule has 0 radical (unpaired) electrons. The van der Waals surface area contributed by atoms with Crippen LogP contribution in [0.2, 0.25) is 0 Å². The third kappa shape index (κ3) is 2.74. The van der Waals surface area contributed by atoms with Crippen molar-refractivity contribution in [1.29, 1.82) is 0 Å². The molecule has 2 N–H and O–H groups in total. The molecule has 114 valence electrons. The normalized spacial score (nSPS) is 21.1. The van der Waals surface area contributed by atoms with Crippen LogP contribution in [0.15, 0.2) is 48.7 Å². The maximum atomic E-state index is 12.7. The van der Waals surface area contributed by atoms with E-state index in [1.807, 2.05) is 42.2 Å². The number of hydrogen-bond acceptors (Lipinski definition) is 3. The van der Waals surface area contributed by atoms with E-state index in [4.69, 9.17) is 5.73 Å². The lowest BCUT2D eigenvalue weighted by Crippen LogP contribution is -2.31. The van der Waals surface area contributed by atoms with Gasteiger partial charge >= 0.3 is 0 Å². The summed E-state index contributed by atoms with van der Waals surface area (Å²) in [6.07, 6.45) is 1.67. The van der Waals surface area contributed by atoms with E-state index >= 15 is 0 Å². The van der Waals surface area contributed by atoms with Gasteiger partial charge in [0.15, 0.2) is 0 Å². The van der Waals surface area contributed by atoms with E-state index in [2.05, 4.69) is 17.1 Å². The molecule has 1 aromatic heterocycles. The van der Waals surface area contributed by atoms with Crippen molar-refractivity contribution in [2.45, 2.75) is 12.8 Å². The molecular weight excluding hydrogens is 274 g/mol. The molecular formula is C18H21N3O. The minimum absolute atomic E-state index is 0.00924. The summed E-state index contributed by atoms with van der Waals surface area (Å²) in [5, 5.41) is 0. The minimum atomic E-state index is 0.00924. The summed E-state index contributed by atoms with van der Waals surface area (Å²) in [5.41, 5.74) is 8.66. The Morgan fingerprint density at radius 1 is 1.23 bits per heavy atom. The quantitative estimate of drug-likeness (QED) is 0.944. The summed E-state index contributed by atoms with van der Waals surface area (Å²) in [6, 6.07) is 14.1. The molecule has 1 aromatic carbocycles. The standard InChI is InChI=1S/C18H21N3O/c1-13-6-5-9-20-17(13)18(22)21-11-15(10-19)16(12-21)14-7-3-2-4-8-14/h2-9,15-16H,10-12,19H2,1H3/t15-,16+/m1/s1. The number of amides is 1. The number of nitrogens with zero attached hydrogens (tertiary/aromatic N) is 2. The molecule has 2 aromatic rings. The number of hydrogen-bond donors (Lipinski definition) is 1. The molecule has 1 saturated heterocycles. The molecule has 1 amide bonds. The summed E-state index contributed by atoms with van der Waals surface area (Å²) < 4.78 is 0. The van der Waals surface area contributed by atoms with Gasteiger partial charge in [-0.15, -0.1) is 0 Å². The molecule has 0 aliphatic carbocycles. The first kappa shape index (κ1) is 14.7. The van der Waals surface area contributed by atoms with Gasteiger partial charge in [-0.3, -0.25) is 9.78 Å². The van der Waals surface area contributed by atoms with Gasteiger partial charge in [-0.2, -0.15) is 0 Å². The topological polar surface area (TPSA) is 59.2 Å². The number of rotatable bonds is 3. The number of carbonyl (C=O) groups excluding carboxylic acids is 1. The van der Waals surface area contributed by atoms with Crippen LogP contribution in [-0.4, -0.2) is 35.4 Å². The fourth-order valence-electron chi connectivity index (χ4n) is 3.21. The molecule has 2 atom stereocenters. The molecule has 1 aliphatic heterocycles. The summed E-state index contributed by atoms with van der Waals surface area (Å²) >= 11 is 0. The van der Waals surface area contributed by atoms with Gasteiger partial charge in [-0.1, -0.05) is 36.4 Å². The second kappa shape index (κ2) is 6.28. The molecule has 0 spiro atoms. The predicted molar refractivity (Wildman–Crippen MR) is 86.6 cm³/mol. The molecule has 0 unspecified atom stereocenters. The predicted octanol–water partition coefficient (Wildman–Crippen LogP) is 2.20. The number of pyridine rings is 1. The molecule has 4 nitrogen and oxygen atoms in total. The van der Waals surface area contributed by atoms with Gasteiger partial charge < -0.3 is 10.6 Å². The highest BCUT2D eigenvalue weighted by atomic mass is 16.2. The Bertz CT molecular complexity index is 656. The van der Waals surface area contributed by atoms with Crippen molar-refractivity contribution < 1.29 is 4.79 Å². The fourth-order valence-corrected chi connectivity index (χ4v) is 3.21. The third-order valence-corrected chi connectivity index (χ3v) is 4.47. The van der Waals surface area contributed by atoms with E-state index in [-0.39, 0.29) is 5.91 Å². The number of aromatic nitrogens is 1. The van der Waals surface area contributed by atoms with Crippen molar-refractivity contribution in [2.24, 2.45) is 11.7 Å². The van der Waals surface area contributed by atoms with Crippen molar-refractivity contribution in [3.63, 3.8) is 0 Å².